The molecule has 2 N–H and O–H groups in total. The lowest BCUT2D eigenvalue weighted by Gasteiger charge is -2.28. The van der Waals surface area contributed by atoms with E-state index in [-0.39, 0.29) is 11.9 Å². The minimum Gasteiger partial charge on any atom is -0.349 e. The maximum Gasteiger partial charge on any atom is 0.261 e. The van der Waals surface area contributed by atoms with Gasteiger partial charge in [-0.25, -0.2) is 4.98 Å². The van der Waals surface area contributed by atoms with Crippen LogP contribution in [-0.4, -0.2) is 40.4 Å². The van der Waals surface area contributed by atoms with Crippen molar-refractivity contribution in [2.45, 2.75) is 18.9 Å². The van der Waals surface area contributed by atoms with E-state index in [0.29, 0.717) is 6.54 Å². The number of H-pyrrole nitrogens is 1. The highest BCUT2D eigenvalue weighted by molar-refractivity contribution is 7.17. The van der Waals surface area contributed by atoms with E-state index < -0.39 is 0 Å². The molecule has 1 atom stereocenters. The molecule has 4 aromatic rings. The first kappa shape index (κ1) is 19.0. The Morgan fingerprint density at radius 3 is 2.77 bits per heavy atom. The monoisotopic (exact) mass is 416 g/mol. The molecule has 0 spiro atoms. The molecule has 0 aliphatic carbocycles. The molecule has 5 rings (SSSR count). The van der Waals surface area contributed by atoms with Crippen molar-refractivity contribution in [2.75, 3.05) is 19.6 Å². The number of amides is 1. The van der Waals surface area contributed by atoms with Crippen molar-refractivity contribution in [2.24, 2.45) is 0 Å². The van der Waals surface area contributed by atoms with Crippen molar-refractivity contribution in [1.82, 2.24) is 20.2 Å². The van der Waals surface area contributed by atoms with Crippen molar-refractivity contribution in [3.63, 3.8) is 0 Å². The Hall–Kier alpha value is -2.96. The summed E-state index contributed by atoms with van der Waals surface area (Å²) in [7, 11) is 0. The Kier molecular flexibility index (Phi) is 5.34. The molecular formula is C24H24N4OS. The highest BCUT2D eigenvalue weighted by atomic mass is 32.1. The SMILES string of the molecule is O=C(NCC(c1ccccc1)N1CCCC1)c1ccc(-c2ccnc3[nH]ccc23)s1. The van der Waals surface area contributed by atoms with E-state index in [2.05, 4.69) is 44.5 Å². The third-order valence-electron chi connectivity index (χ3n) is 5.78. The first-order chi connectivity index (χ1) is 14.8. The van der Waals surface area contributed by atoms with Gasteiger partial charge in [0.05, 0.1) is 10.9 Å². The van der Waals surface area contributed by atoms with Crippen LogP contribution in [0.3, 0.4) is 0 Å². The van der Waals surface area contributed by atoms with Crippen LogP contribution in [0, 0.1) is 0 Å². The molecule has 1 amide bonds. The van der Waals surface area contributed by atoms with Crippen LogP contribution >= 0.6 is 11.3 Å². The van der Waals surface area contributed by atoms with Crippen LogP contribution in [-0.2, 0) is 0 Å². The molecule has 1 aliphatic heterocycles. The molecule has 1 fully saturated rings. The largest absolute Gasteiger partial charge is 0.349 e. The lowest BCUT2D eigenvalue weighted by molar-refractivity contribution is 0.0942. The van der Waals surface area contributed by atoms with Gasteiger partial charge in [-0.2, -0.15) is 0 Å². The summed E-state index contributed by atoms with van der Waals surface area (Å²) in [5, 5.41) is 4.26. The van der Waals surface area contributed by atoms with E-state index in [1.165, 1.54) is 29.7 Å². The first-order valence-electron chi connectivity index (χ1n) is 10.4. The maximum atomic E-state index is 12.9. The van der Waals surface area contributed by atoms with Crippen molar-refractivity contribution < 1.29 is 4.79 Å². The minimum atomic E-state index is -0.00857. The number of hydrogen-bond donors (Lipinski definition) is 2. The third-order valence-corrected chi connectivity index (χ3v) is 6.89. The molecule has 3 aromatic heterocycles. The Balaban J connectivity index is 1.32. The Morgan fingerprint density at radius 1 is 1.10 bits per heavy atom. The molecule has 5 nitrogen and oxygen atoms in total. The summed E-state index contributed by atoms with van der Waals surface area (Å²) >= 11 is 1.52. The average Bonchev–Trinajstić information content (AvgIpc) is 3.55. The second-order valence-electron chi connectivity index (χ2n) is 7.64. The molecular weight excluding hydrogens is 392 g/mol. The van der Waals surface area contributed by atoms with Crippen molar-refractivity contribution in [3.05, 3.63) is 77.4 Å². The zero-order valence-electron chi connectivity index (χ0n) is 16.7. The lowest BCUT2D eigenvalue weighted by Crippen LogP contribution is -2.36. The maximum absolute atomic E-state index is 12.9. The Labute approximate surface area is 179 Å². The fraction of sp³-hybridized carbons (Fsp3) is 0.250. The summed E-state index contributed by atoms with van der Waals surface area (Å²) in [4.78, 5) is 24.7. The predicted octanol–water partition coefficient (Wildman–Crippen LogP) is 4.86. The van der Waals surface area contributed by atoms with Crippen LogP contribution in [0.25, 0.3) is 21.5 Å². The number of pyridine rings is 1. The fourth-order valence-corrected chi connectivity index (χ4v) is 5.21. The summed E-state index contributed by atoms with van der Waals surface area (Å²) < 4.78 is 0. The molecule has 152 valence electrons. The third kappa shape index (κ3) is 3.76. The number of fused-ring (bicyclic) bond motifs is 1. The van der Waals surface area contributed by atoms with Gasteiger partial charge in [-0.3, -0.25) is 9.69 Å². The molecule has 1 aromatic carbocycles. The topological polar surface area (TPSA) is 61.0 Å². The van der Waals surface area contributed by atoms with Gasteiger partial charge in [0, 0.05) is 34.8 Å². The summed E-state index contributed by atoms with van der Waals surface area (Å²) in [6.45, 7) is 2.80. The van der Waals surface area contributed by atoms with Crippen LogP contribution in [0.15, 0.2) is 67.0 Å². The van der Waals surface area contributed by atoms with Gasteiger partial charge in [-0.1, -0.05) is 30.3 Å². The van der Waals surface area contributed by atoms with Gasteiger partial charge in [0.15, 0.2) is 0 Å². The van der Waals surface area contributed by atoms with Crippen molar-refractivity contribution >= 4 is 28.3 Å². The van der Waals surface area contributed by atoms with Crippen LogP contribution in [0.5, 0.6) is 0 Å². The van der Waals surface area contributed by atoms with E-state index in [1.54, 1.807) is 6.20 Å². The zero-order chi connectivity index (χ0) is 20.3. The summed E-state index contributed by atoms with van der Waals surface area (Å²) in [6.07, 6.45) is 6.15. The number of benzene rings is 1. The number of nitrogens with one attached hydrogen (secondary N) is 2. The summed E-state index contributed by atoms with van der Waals surface area (Å²) in [6, 6.07) is 18.7. The first-order valence-corrected chi connectivity index (χ1v) is 11.2. The Morgan fingerprint density at radius 2 is 1.93 bits per heavy atom. The molecule has 4 heterocycles. The zero-order valence-corrected chi connectivity index (χ0v) is 17.5. The quantitative estimate of drug-likeness (QED) is 0.472. The number of carbonyl (C=O) groups is 1. The number of aromatic nitrogens is 2. The Bertz CT molecular complexity index is 1140. The van der Waals surface area contributed by atoms with Crippen LogP contribution in [0.4, 0.5) is 0 Å². The average molecular weight is 417 g/mol. The molecule has 30 heavy (non-hydrogen) atoms. The molecule has 1 unspecified atom stereocenters. The number of aromatic amines is 1. The van der Waals surface area contributed by atoms with Crippen LogP contribution < -0.4 is 5.32 Å². The fourth-order valence-electron chi connectivity index (χ4n) is 4.24. The second-order valence-corrected chi connectivity index (χ2v) is 8.73. The predicted molar refractivity (Wildman–Crippen MR) is 122 cm³/mol. The van der Waals surface area contributed by atoms with Gasteiger partial charge >= 0.3 is 0 Å². The standard InChI is InChI=1S/C24H24N4OS/c29-24(27-16-20(28-14-4-5-15-28)17-6-2-1-3-7-17)22-9-8-21(30-22)18-10-12-25-23-19(18)11-13-26-23/h1-3,6-13,20H,4-5,14-16H2,(H,25,26)(H,27,29). The minimum absolute atomic E-state index is 0.00857. The van der Waals surface area contributed by atoms with Crippen molar-refractivity contribution in [1.29, 1.82) is 0 Å². The molecule has 1 saturated heterocycles. The number of carbonyl (C=O) groups excluding carboxylic acids is 1. The summed E-state index contributed by atoms with van der Waals surface area (Å²) in [5.41, 5.74) is 3.23. The molecule has 6 heteroatoms. The van der Waals surface area contributed by atoms with Gasteiger partial charge in [0.1, 0.15) is 5.65 Å². The summed E-state index contributed by atoms with van der Waals surface area (Å²) in [5.74, 6) is -0.00857. The smallest absolute Gasteiger partial charge is 0.261 e. The molecule has 1 aliphatic rings. The number of nitrogens with zero attached hydrogens (tertiary/aromatic N) is 2. The normalized spacial score (nSPS) is 15.5. The lowest BCUT2D eigenvalue weighted by atomic mass is 10.1. The number of rotatable bonds is 6. The van der Waals surface area contributed by atoms with Crippen LogP contribution in [0.2, 0.25) is 0 Å². The van der Waals surface area contributed by atoms with E-state index in [9.17, 15) is 4.79 Å². The van der Waals surface area contributed by atoms with Gasteiger partial charge in [-0.05, 0) is 55.8 Å². The number of hydrogen-bond acceptors (Lipinski definition) is 4. The molecule has 0 saturated carbocycles. The van der Waals surface area contributed by atoms with E-state index in [0.717, 1.165) is 39.4 Å². The molecule has 0 radical (unpaired) electrons. The van der Waals surface area contributed by atoms with Gasteiger partial charge < -0.3 is 10.3 Å². The number of thiophene rings is 1. The van der Waals surface area contributed by atoms with Gasteiger partial charge in [-0.15, -0.1) is 11.3 Å². The molecule has 0 bridgehead atoms. The van der Waals surface area contributed by atoms with Crippen LogP contribution in [0.1, 0.15) is 34.1 Å². The highest BCUT2D eigenvalue weighted by Crippen LogP contribution is 2.33. The highest BCUT2D eigenvalue weighted by Gasteiger charge is 2.24. The second kappa shape index (κ2) is 8.42. The van der Waals surface area contributed by atoms with E-state index in [4.69, 9.17) is 0 Å². The number of likely N-dealkylation sites (tertiary alicyclic amines) is 1. The van der Waals surface area contributed by atoms with Gasteiger partial charge in [0.2, 0.25) is 0 Å². The van der Waals surface area contributed by atoms with E-state index in [1.807, 2.05) is 36.5 Å². The van der Waals surface area contributed by atoms with E-state index >= 15 is 0 Å². The van der Waals surface area contributed by atoms with Crippen molar-refractivity contribution in [3.8, 4) is 10.4 Å². The van der Waals surface area contributed by atoms with Gasteiger partial charge in [0.25, 0.3) is 5.91 Å².